The van der Waals surface area contributed by atoms with Crippen LogP contribution in [-0.4, -0.2) is 111 Å². The van der Waals surface area contributed by atoms with E-state index in [1.54, 1.807) is 32.0 Å². The summed E-state index contributed by atoms with van der Waals surface area (Å²) in [5.74, 6) is -2.10. The van der Waals surface area contributed by atoms with E-state index >= 15 is 8.78 Å². The van der Waals surface area contributed by atoms with Gasteiger partial charge in [0.1, 0.15) is 17.5 Å². The largest absolute Gasteiger partial charge is 0.386 e. The fourth-order valence-corrected chi connectivity index (χ4v) is 9.34. The number of benzene rings is 2. The molecule has 4 aliphatic rings. The number of anilines is 3. The maximum atomic E-state index is 15.1. The minimum Gasteiger partial charge on any atom is -0.386 e. The fourth-order valence-electron chi connectivity index (χ4n) is 9.34. The van der Waals surface area contributed by atoms with E-state index in [4.69, 9.17) is 5.10 Å². The summed E-state index contributed by atoms with van der Waals surface area (Å²) in [7, 11) is 0. The highest BCUT2D eigenvalue weighted by molar-refractivity contribution is 6.06. The van der Waals surface area contributed by atoms with Gasteiger partial charge in [0.05, 0.1) is 34.4 Å². The molecule has 17 heteroatoms. The Kier molecular flexibility index (Phi) is 10.3. The highest BCUT2D eigenvalue weighted by Gasteiger charge is 2.35. The van der Waals surface area contributed by atoms with Crippen LogP contribution in [0.4, 0.5) is 30.6 Å². The van der Waals surface area contributed by atoms with Crippen LogP contribution < -0.4 is 20.4 Å². The van der Waals surface area contributed by atoms with Crippen LogP contribution in [0.3, 0.4) is 0 Å². The van der Waals surface area contributed by atoms with Gasteiger partial charge in [-0.1, -0.05) is 0 Å². The monoisotopic (exact) mass is 819 g/mol. The van der Waals surface area contributed by atoms with Gasteiger partial charge in [-0.25, -0.2) is 18.1 Å². The average molecular weight is 820 g/mol. The van der Waals surface area contributed by atoms with Crippen LogP contribution in [0.15, 0.2) is 54.9 Å². The smallest absolute Gasteiger partial charge is 0.328 e. The second kappa shape index (κ2) is 15.6. The van der Waals surface area contributed by atoms with Crippen molar-refractivity contribution in [3.63, 3.8) is 0 Å². The van der Waals surface area contributed by atoms with Gasteiger partial charge in [0.25, 0.3) is 5.91 Å². The minimum absolute atomic E-state index is 0.0132. The number of nitriles is 1. The molecule has 1 aliphatic carbocycles. The average Bonchev–Trinajstić information content (AvgIpc) is 3.83. The van der Waals surface area contributed by atoms with Crippen molar-refractivity contribution in [3.8, 4) is 6.07 Å². The lowest BCUT2D eigenvalue weighted by atomic mass is 9.90. The van der Waals surface area contributed by atoms with Gasteiger partial charge in [0, 0.05) is 99.3 Å². The van der Waals surface area contributed by atoms with E-state index in [1.807, 2.05) is 27.9 Å². The molecule has 0 radical (unpaired) electrons. The number of carbonyl (C=O) groups is 3. The molecule has 4 fully saturated rings. The summed E-state index contributed by atoms with van der Waals surface area (Å²) in [6.07, 6.45) is 7.55. The summed E-state index contributed by atoms with van der Waals surface area (Å²) in [6.45, 7) is 9.57. The number of halogens is 2. The number of nitrogens with zero attached hydrogens (tertiary/aromatic N) is 9. The summed E-state index contributed by atoms with van der Waals surface area (Å²) >= 11 is 0. The molecule has 312 valence electrons. The molecule has 3 N–H and O–H groups in total. The van der Waals surface area contributed by atoms with Gasteiger partial charge in [-0.3, -0.25) is 29.4 Å². The molecule has 3 aromatic heterocycles. The SMILES string of the molecule is CC(C)(O)c1cc2nn([C@H]3CC[C@H](N4CCN(CC5CN(c6cc(F)c(N7CCC(=O)NC7=O)c(F)c6)C5)CC4)CC3)cc2cc1NC(=O)c1ccc2cc(C#N)cnn12. The van der Waals surface area contributed by atoms with Crippen LogP contribution in [0.2, 0.25) is 0 Å². The first kappa shape index (κ1) is 39.5. The van der Waals surface area contributed by atoms with E-state index in [2.05, 4.69) is 31.6 Å². The third-order valence-corrected chi connectivity index (χ3v) is 12.6. The Morgan fingerprint density at radius 3 is 2.38 bits per heavy atom. The lowest BCUT2D eigenvalue weighted by Gasteiger charge is -2.46. The predicted octanol–water partition coefficient (Wildman–Crippen LogP) is 5.00. The van der Waals surface area contributed by atoms with Crippen LogP contribution in [0.5, 0.6) is 0 Å². The van der Waals surface area contributed by atoms with E-state index < -0.39 is 34.9 Å². The molecule has 15 nitrogen and oxygen atoms in total. The summed E-state index contributed by atoms with van der Waals surface area (Å²) in [4.78, 5) is 45.2. The van der Waals surface area contributed by atoms with Crippen molar-refractivity contribution >= 4 is 51.3 Å². The summed E-state index contributed by atoms with van der Waals surface area (Å²) in [5.41, 5.74) is 1.89. The van der Waals surface area contributed by atoms with E-state index in [9.17, 15) is 24.8 Å². The number of amides is 4. The lowest BCUT2D eigenvalue weighted by molar-refractivity contribution is -0.120. The molecular formula is C43H47F2N11O4. The van der Waals surface area contributed by atoms with E-state index in [0.717, 1.165) is 74.2 Å². The predicted molar refractivity (Wildman–Crippen MR) is 220 cm³/mol. The zero-order valence-corrected chi connectivity index (χ0v) is 33.6. The first-order valence-corrected chi connectivity index (χ1v) is 20.6. The minimum atomic E-state index is -1.25. The number of carbonyl (C=O) groups excluding carboxylic acids is 3. The van der Waals surface area contributed by atoms with Crippen LogP contribution in [0.1, 0.15) is 73.6 Å². The Labute approximate surface area is 345 Å². The summed E-state index contributed by atoms with van der Waals surface area (Å²) in [6, 6.07) is 13.3. The molecule has 9 rings (SSSR count). The quantitative estimate of drug-likeness (QED) is 0.184. The fraction of sp³-hybridized carbons (Fsp3) is 0.442. The molecule has 6 heterocycles. The number of urea groups is 1. The van der Waals surface area contributed by atoms with Crippen LogP contribution in [-0.2, 0) is 10.4 Å². The maximum Gasteiger partial charge on any atom is 0.328 e. The molecule has 3 aliphatic heterocycles. The molecule has 0 bridgehead atoms. The number of fused-ring (bicyclic) bond motifs is 2. The number of rotatable bonds is 9. The normalized spacial score (nSPS) is 21.0. The summed E-state index contributed by atoms with van der Waals surface area (Å²) in [5, 5.41) is 35.5. The maximum absolute atomic E-state index is 15.1. The topological polar surface area (TPSA) is 167 Å². The third kappa shape index (κ3) is 7.66. The van der Waals surface area contributed by atoms with Crippen molar-refractivity contribution in [3.05, 3.63) is 83.3 Å². The Morgan fingerprint density at radius 1 is 0.983 bits per heavy atom. The third-order valence-electron chi connectivity index (χ3n) is 12.6. The van der Waals surface area contributed by atoms with E-state index in [0.29, 0.717) is 58.8 Å². The molecule has 2 aromatic carbocycles. The number of piperazine rings is 1. The second-order valence-corrected chi connectivity index (χ2v) is 17.1. The van der Waals surface area contributed by atoms with Crippen molar-refractivity contribution in [2.75, 3.05) is 67.5 Å². The number of hydrogen-bond acceptors (Lipinski definition) is 10. The van der Waals surface area contributed by atoms with Gasteiger partial charge in [0.2, 0.25) is 5.91 Å². The van der Waals surface area contributed by atoms with Crippen molar-refractivity contribution in [2.24, 2.45) is 5.92 Å². The van der Waals surface area contributed by atoms with Gasteiger partial charge < -0.3 is 20.2 Å². The van der Waals surface area contributed by atoms with Gasteiger partial charge in [0.15, 0.2) is 11.6 Å². The van der Waals surface area contributed by atoms with Crippen molar-refractivity contribution in [1.82, 2.24) is 34.5 Å². The molecule has 5 aromatic rings. The second-order valence-electron chi connectivity index (χ2n) is 17.1. The van der Waals surface area contributed by atoms with E-state index in [-0.39, 0.29) is 24.9 Å². The van der Waals surface area contributed by atoms with Crippen LogP contribution >= 0.6 is 0 Å². The van der Waals surface area contributed by atoms with Gasteiger partial charge in [-0.2, -0.15) is 15.5 Å². The van der Waals surface area contributed by atoms with E-state index in [1.165, 1.54) is 22.8 Å². The van der Waals surface area contributed by atoms with Crippen molar-refractivity contribution in [2.45, 2.75) is 63.6 Å². The van der Waals surface area contributed by atoms with Crippen molar-refractivity contribution in [1.29, 1.82) is 5.26 Å². The zero-order valence-electron chi connectivity index (χ0n) is 33.6. The highest BCUT2D eigenvalue weighted by atomic mass is 19.1. The molecule has 60 heavy (non-hydrogen) atoms. The molecule has 4 amide bonds. The first-order valence-electron chi connectivity index (χ1n) is 20.6. The Balaban J connectivity index is 0.766. The number of hydrogen-bond donors (Lipinski definition) is 3. The molecule has 0 atom stereocenters. The lowest BCUT2D eigenvalue weighted by Crippen LogP contribution is -2.56. The standard InChI is InChI=1S/C43H47F2N11O4/c1-43(2,60)33-19-36-28(16-37(33)48-41(58)38-8-7-31-15-26(20-46)21-47-56(31)38)25-55(50-36)30-5-3-29(4-6-30)52-13-11-51(12-14-52)22-27-23-53(24-27)32-17-34(44)40(35(45)18-32)54-10-9-39(57)49-42(54)59/h7-8,15-19,21,25,27,29-30,60H,3-6,9-14,22-24H2,1-2H3,(H,48,58)(H,49,57,59)/t29-,30-. The number of aromatic nitrogens is 4. The molecular weight excluding hydrogens is 773 g/mol. The molecule has 0 spiro atoms. The number of nitrogens with one attached hydrogen (secondary N) is 2. The summed E-state index contributed by atoms with van der Waals surface area (Å²) < 4.78 is 33.7. The molecule has 0 unspecified atom stereocenters. The van der Waals surface area contributed by atoms with Gasteiger partial charge in [-0.15, -0.1) is 0 Å². The van der Waals surface area contributed by atoms with Crippen LogP contribution in [0, 0.1) is 28.9 Å². The molecule has 1 saturated carbocycles. The zero-order chi connectivity index (χ0) is 41.9. The van der Waals surface area contributed by atoms with Crippen molar-refractivity contribution < 1.29 is 28.3 Å². The Morgan fingerprint density at radius 2 is 1.70 bits per heavy atom. The van der Waals surface area contributed by atoms with Gasteiger partial charge >= 0.3 is 6.03 Å². The number of aliphatic hydroxyl groups is 1. The first-order chi connectivity index (χ1) is 28.8. The van der Waals surface area contributed by atoms with Gasteiger partial charge in [-0.05, 0) is 82.0 Å². The molecule has 3 saturated heterocycles. The van der Waals surface area contributed by atoms with Crippen LogP contribution in [0.25, 0.3) is 16.4 Å². The Hall–Kier alpha value is -5.96. The highest BCUT2D eigenvalue weighted by Crippen LogP contribution is 2.37. The Bertz CT molecular complexity index is 2510. The number of imide groups is 1.